The standard InChI is InChI=1S/C30H28N4O6S/c1-34(2)23-16-11-15-10-14-8-9-17(32-30-33-18(12-41-30)13-6-4-3-5-7-13)24(35)19(14)25(36)20(15)26(37)21(16)27(38)22(28(23)39)29(31)40/h3-9,12,15-16,21,23,35,37,39H,10-11H2,1-2H3,(H2,31,40)(H,32,33)/t15?,16?,21?,23-/m0/s1. The van der Waals surface area contributed by atoms with Gasteiger partial charge in [0, 0.05) is 16.5 Å². The summed E-state index contributed by atoms with van der Waals surface area (Å²) >= 11 is 1.35. The van der Waals surface area contributed by atoms with Crippen molar-refractivity contribution >= 4 is 39.6 Å². The van der Waals surface area contributed by atoms with E-state index in [-0.39, 0.29) is 22.6 Å². The molecule has 0 saturated carbocycles. The summed E-state index contributed by atoms with van der Waals surface area (Å²) in [6.07, 6.45) is 0.649. The zero-order valence-electron chi connectivity index (χ0n) is 22.3. The summed E-state index contributed by atoms with van der Waals surface area (Å²) in [7, 11) is 3.39. The molecule has 3 aliphatic rings. The molecule has 3 unspecified atom stereocenters. The van der Waals surface area contributed by atoms with E-state index >= 15 is 0 Å². The van der Waals surface area contributed by atoms with Crippen LogP contribution in [0.4, 0.5) is 10.8 Å². The number of allylic oxidation sites excluding steroid dienone is 2. The first-order valence-corrected chi connectivity index (χ1v) is 14.0. The number of amides is 1. The second-order valence-electron chi connectivity index (χ2n) is 10.8. The third-order valence-electron chi connectivity index (χ3n) is 8.25. The van der Waals surface area contributed by atoms with E-state index in [2.05, 4.69) is 10.3 Å². The predicted molar refractivity (Wildman–Crippen MR) is 153 cm³/mol. The van der Waals surface area contributed by atoms with Crippen LogP contribution in [-0.4, -0.2) is 62.8 Å². The lowest BCUT2D eigenvalue weighted by atomic mass is 9.61. The number of thiazole rings is 1. The minimum Gasteiger partial charge on any atom is -0.511 e. The van der Waals surface area contributed by atoms with E-state index in [0.717, 1.165) is 11.3 Å². The van der Waals surface area contributed by atoms with Gasteiger partial charge >= 0.3 is 0 Å². The van der Waals surface area contributed by atoms with Crippen LogP contribution in [0.3, 0.4) is 0 Å². The Kier molecular flexibility index (Phi) is 6.43. The number of aliphatic hydroxyl groups is 2. The average molecular weight is 573 g/mol. The Labute approximate surface area is 239 Å². The van der Waals surface area contributed by atoms with Crippen molar-refractivity contribution in [1.82, 2.24) is 9.88 Å². The number of phenolic OH excluding ortho intramolecular Hbond substituents is 1. The number of hydrogen-bond donors (Lipinski definition) is 5. The summed E-state index contributed by atoms with van der Waals surface area (Å²) in [5, 5.41) is 39.0. The number of hydrogen-bond acceptors (Lipinski definition) is 10. The van der Waals surface area contributed by atoms with Gasteiger partial charge in [0.1, 0.15) is 17.1 Å². The number of aromatic nitrogens is 1. The number of benzene rings is 2. The molecule has 0 aliphatic heterocycles. The highest BCUT2D eigenvalue weighted by molar-refractivity contribution is 7.14. The van der Waals surface area contributed by atoms with E-state index < -0.39 is 58.4 Å². The zero-order chi connectivity index (χ0) is 29.2. The molecule has 6 N–H and O–H groups in total. The van der Waals surface area contributed by atoms with Gasteiger partial charge in [0.15, 0.2) is 22.4 Å². The number of anilines is 2. The van der Waals surface area contributed by atoms with Crippen LogP contribution >= 0.6 is 11.3 Å². The summed E-state index contributed by atoms with van der Waals surface area (Å²) < 4.78 is 0. The third-order valence-corrected chi connectivity index (χ3v) is 9.01. The number of rotatable bonds is 5. The molecule has 0 fully saturated rings. The van der Waals surface area contributed by atoms with Gasteiger partial charge in [0.05, 0.1) is 28.9 Å². The molecule has 2 aromatic carbocycles. The second kappa shape index (κ2) is 9.86. The van der Waals surface area contributed by atoms with Crippen molar-refractivity contribution in [2.24, 2.45) is 23.5 Å². The van der Waals surface area contributed by atoms with E-state index in [9.17, 15) is 29.7 Å². The lowest BCUT2D eigenvalue weighted by molar-refractivity contribution is -0.127. The van der Waals surface area contributed by atoms with Gasteiger partial charge in [-0.25, -0.2) is 4.98 Å². The highest BCUT2D eigenvalue weighted by Crippen LogP contribution is 2.51. The van der Waals surface area contributed by atoms with Gasteiger partial charge in [-0.05, 0) is 50.4 Å². The number of fused-ring (bicyclic) bond motifs is 3. The molecule has 1 aromatic heterocycles. The second-order valence-corrected chi connectivity index (χ2v) is 11.7. The van der Waals surface area contributed by atoms with Crippen LogP contribution in [0, 0.1) is 17.8 Å². The van der Waals surface area contributed by atoms with E-state index in [1.54, 1.807) is 31.1 Å². The maximum absolute atomic E-state index is 13.9. The normalized spacial score (nSPS) is 23.8. The van der Waals surface area contributed by atoms with Gasteiger partial charge in [-0.3, -0.25) is 19.3 Å². The molecule has 4 atom stereocenters. The maximum atomic E-state index is 13.9. The van der Waals surface area contributed by atoms with Crippen LogP contribution in [0.15, 0.2) is 70.5 Å². The van der Waals surface area contributed by atoms with Crippen LogP contribution in [-0.2, 0) is 16.0 Å². The highest BCUT2D eigenvalue weighted by Gasteiger charge is 2.54. The predicted octanol–water partition coefficient (Wildman–Crippen LogP) is 3.87. The Morgan fingerprint density at radius 2 is 1.80 bits per heavy atom. The number of carbonyl (C=O) groups is 3. The maximum Gasteiger partial charge on any atom is 0.255 e. The molecule has 0 spiro atoms. The van der Waals surface area contributed by atoms with Crippen LogP contribution in [0.5, 0.6) is 5.75 Å². The highest BCUT2D eigenvalue weighted by atomic mass is 32.1. The van der Waals surface area contributed by atoms with E-state index in [1.807, 2.05) is 35.7 Å². The topological polar surface area (TPSA) is 166 Å². The number of Topliss-reactive ketones (excluding diaryl/α,β-unsaturated/α-hetero) is 2. The first-order chi connectivity index (χ1) is 19.6. The first-order valence-electron chi connectivity index (χ1n) is 13.1. The summed E-state index contributed by atoms with van der Waals surface area (Å²) in [5.74, 6) is -5.85. The fraction of sp³-hybridized carbons (Fsp3) is 0.267. The van der Waals surface area contributed by atoms with Crippen LogP contribution in [0.2, 0.25) is 0 Å². The molecule has 0 radical (unpaired) electrons. The molecule has 1 amide bonds. The van der Waals surface area contributed by atoms with E-state index in [0.29, 0.717) is 23.5 Å². The zero-order valence-corrected chi connectivity index (χ0v) is 23.1. The van der Waals surface area contributed by atoms with Crippen molar-refractivity contribution in [2.45, 2.75) is 18.9 Å². The number of likely N-dealkylation sites (N-methyl/N-ethyl adjacent to an activating group) is 1. The molecule has 3 aliphatic carbocycles. The number of nitrogens with two attached hydrogens (primary N) is 1. The van der Waals surface area contributed by atoms with Crippen molar-refractivity contribution in [2.75, 3.05) is 19.4 Å². The number of aliphatic hydroxyl groups excluding tert-OH is 2. The molecular formula is C30H28N4O6S. The van der Waals surface area contributed by atoms with Crippen molar-refractivity contribution < 1.29 is 29.7 Å². The molecule has 6 rings (SSSR count). The van der Waals surface area contributed by atoms with Gasteiger partial charge in [-0.1, -0.05) is 36.4 Å². The monoisotopic (exact) mass is 572 g/mol. The smallest absolute Gasteiger partial charge is 0.255 e. The van der Waals surface area contributed by atoms with Crippen molar-refractivity contribution in [3.8, 4) is 17.0 Å². The number of ketones is 2. The van der Waals surface area contributed by atoms with Crippen molar-refractivity contribution in [1.29, 1.82) is 0 Å². The molecule has 3 aromatic rings. The van der Waals surface area contributed by atoms with E-state index in [1.165, 1.54) is 11.3 Å². The van der Waals surface area contributed by atoms with Crippen LogP contribution in [0.25, 0.3) is 11.3 Å². The summed E-state index contributed by atoms with van der Waals surface area (Å²) in [5.41, 5.74) is 7.57. The minimum absolute atomic E-state index is 0.0443. The Bertz CT molecular complexity index is 1680. The molecule has 1 heterocycles. The van der Waals surface area contributed by atoms with Crippen LogP contribution < -0.4 is 11.1 Å². The number of nitrogens with one attached hydrogen (secondary N) is 1. The average Bonchev–Trinajstić information content (AvgIpc) is 3.38. The Morgan fingerprint density at radius 1 is 1.07 bits per heavy atom. The molecule has 210 valence electrons. The Balaban J connectivity index is 1.37. The number of carbonyl (C=O) groups excluding carboxylic acids is 3. The van der Waals surface area contributed by atoms with Gasteiger partial charge in [0.2, 0.25) is 0 Å². The first kappa shape index (κ1) is 26.7. The van der Waals surface area contributed by atoms with Gasteiger partial charge in [-0.2, -0.15) is 0 Å². The van der Waals surface area contributed by atoms with Crippen molar-refractivity contribution in [3.05, 3.63) is 81.6 Å². The quantitative estimate of drug-likeness (QED) is 0.225. The molecule has 0 saturated heterocycles. The SMILES string of the molecule is CN(C)[C@@H]1C(O)=C(C(N)=O)C(=O)C2C(O)=C3C(=O)c4c(ccc(Nc5nc(-c6ccccc6)cs5)c4O)CC3CC21. The number of primary amides is 1. The molecular weight excluding hydrogens is 544 g/mol. The molecule has 0 bridgehead atoms. The molecule has 10 nitrogen and oxygen atoms in total. The largest absolute Gasteiger partial charge is 0.511 e. The van der Waals surface area contributed by atoms with Crippen molar-refractivity contribution in [3.63, 3.8) is 0 Å². The molecule has 41 heavy (non-hydrogen) atoms. The lowest BCUT2D eigenvalue weighted by Gasteiger charge is -2.46. The number of nitrogens with zero attached hydrogens (tertiary/aromatic N) is 2. The molecule has 11 heteroatoms. The fourth-order valence-electron chi connectivity index (χ4n) is 6.53. The van der Waals surface area contributed by atoms with Gasteiger partial charge in [0.25, 0.3) is 5.91 Å². The summed E-state index contributed by atoms with van der Waals surface area (Å²) in [4.78, 5) is 45.6. The van der Waals surface area contributed by atoms with Gasteiger partial charge < -0.3 is 26.4 Å². The number of aromatic hydroxyl groups is 1. The Hall–Kier alpha value is -4.48. The van der Waals surface area contributed by atoms with Crippen LogP contribution in [0.1, 0.15) is 22.3 Å². The minimum atomic E-state index is -1.22. The fourth-order valence-corrected chi connectivity index (χ4v) is 7.26. The number of phenols is 1. The Morgan fingerprint density at radius 3 is 2.49 bits per heavy atom. The van der Waals surface area contributed by atoms with Gasteiger partial charge in [-0.15, -0.1) is 11.3 Å². The van der Waals surface area contributed by atoms with E-state index in [4.69, 9.17) is 5.73 Å². The third kappa shape index (κ3) is 4.20. The summed E-state index contributed by atoms with van der Waals surface area (Å²) in [6, 6.07) is 12.3. The summed E-state index contributed by atoms with van der Waals surface area (Å²) in [6.45, 7) is 0. The lowest BCUT2D eigenvalue weighted by Crippen LogP contribution is -2.53.